The first-order chi connectivity index (χ1) is 22.9. The number of piperazine rings is 1. The van der Waals surface area contributed by atoms with Crippen LogP contribution < -0.4 is 4.90 Å². The SMILES string of the molecule is CCc1c(C)[nH]c2c1C(=O)C(CN1CCOCC1)CC2.OCCN1CCN(CCCN2c3ccccc3Sc3ccc(Cl)cc32)CC1. The van der Waals surface area contributed by atoms with Gasteiger partial charge in [0.05, 0.1) is 31.2 Å². The van der Waals surface area contributed by atoms with Crippen LogP contribution >= 0.6 is 23.4 Å². The van der Waals surface area contributed by atoms with Crippen LogP contribution in [0.3, 0.4) is 0 Å². The van der Waals surface area contributed by atoms with Crippen molar-refractivity contribution in [1.29, 1.82) is 0 Å². The molecule has 3 aliphatic heterocycles. The Kier molecular flexibility index (Phi) is 12.0. The molecule has 47 heavy (non-hydrogen) atoms. The predicted molar refractivity (Wildman–Crippen MR) is 192 cm³/mol. The van der Waals surface area contributed by atoms with E-state index < -0.39 is 0 Å². The maximum atomic E-state index is 12.8. The highest BCUT2D eigenvalue weighted by molar-refractivity contribution is 7.99. The molecule has 2 N–H and O–H groups in total. The number of ether oxygens (including phenoxy) is 1. The van der Waals surface area contributed by atoms with Crippen LogP contribution in [-0.2, 0) is 17.6 Å². The zero-order valence-corrected chi connectivity index (χ0v) is 29.6. The molecule has 1 unspecified atom stereocenters. The number of morpholine rings is 1. The lowest BCUT2D eigenvalue weighted by atomic mass is 9.83. The molecule has 0 radical (unpaired) electrons. The topological polar surface area (TPSA) is 75.3 Å². The lowest BCUT2D eigenvalue weighted by molar-refractivity contribution is 0.0291. The first kappa shape index (κ1) is 34.5. The van der Waals surface area contributed by atoms with Crippen LogP contribution in [0.4, 0.5) is 11.4 Å². The molecule has 1 atom stereocenters. The Hall–Kier alpha value is -2.37. The van der Waals surface area contributed by atoms with Gasteiger partial charge >= 0.3 is 0 Å². The molecule has 1 aliphatic carbocycles. The van der Waals surface area contributed by atoms with Gasteiger partial charge in [-0.05, 0) is 75.0 Å². The number of Topliss-reactive ketones (excluding diaryl/α,β-unsaturated/α-hetero) is 1. The lowest BCUT2D eigenvalue weighted by Crippen LogP contribution is -2.47. The molecule has 4 heterocycles. The van der Waals surface area contributed by atoms with E-state index >= 15 is 0 Å². The highest BCUT2D eigenvalue weighted by Gasteiger charge is 2.33. The second-order valence-electron chi connectivity index (χ2n) is 13.0. The molecule has 2 aromatic carbocycles. The number of anilines is 2. The smallest absolute Gasteiger partial charge is 0.169 e. The molecule has 4 aliphatic rings. The van der Waals surface area contributed by atoms with Crippen molar-refractivity contribution in [3.63, 3.8) is 0 Å². The minimum Gasteiger partial charge on any atom is -0.395 e. The van der Waals surface area contributed by atoms with Crippen LogP contribution in [0.5, 0.6) is 0 Å². The number of hydrogen-bond donors (Lipinski definition) is 2. The third-order valence-electron chi connectivity index (χ3n) is 10.0. The summed E-state index contributed by atoms with van der Waals surface area (Å²) in [6.07, 6.45) is 4.04. The molecule has 0 bridgehead atoms. The Balaban J connectivity index is 0.000000172. The van der Waals surface area contributed by atoms with Gasteiger partial charge in [0.2, 0.25) is 0 Å². The molecule has 254 valence electrons. The third-order valence-corrected chi connectivity index (χ3v) is 11.4. The summed E-state index contributed by atoms with van der Waals surface area (Å²) in [7, 11) is 0. The number of aliphatic hydroxyl groups is 1. The second-order valence-corrected chi connectivity index (χ2v) is 14.6. The quantitative estimate of drug-likeness (QED) is 0.290. The maximum Gasteiger partial charge on any atom is 0.169 e. The average molecular weight is 680 g/mol. The van der Waals surface area contributed by atoms with Crippen molar-refractivity contribution in [1.82, 2.24) is 19.7 Å². The number of aliphatic hydroxyl groups excluding tert-OH is 1. The lowest BCUT2D eigenvalue weighted by Gasteiger charge is -2.36. The predicted octanol–water partition coefficient (Wildman–Crippen LogP) is 5.91. The number of aromatic nitrogens is 1. The van der Waals surface area contributed by atoms with Gasteiger partial charge in [-0.25, -0.2) is 0 Å². The minimum absolute atomic E-state index is 0.168. The molecule has 10 heteroatoms. The molecular weight excluding hydrogens is 630 g/mol. The van der Waals surface area contributed by atoms with Crippen LogP contribution in [0.15, 0.2) is 52.3 Å². The first-order valence-corrected chi connectivity index (χ1v) is 18.6. The van der Waals surface area contributed by atoms with Crippen molar-refractivity contribution in [2.75, 3.05) is 90.2 Å². The fraction of sp³-hybridized carbons (Fsp3) is 0.541. The van der Waals surface area contributed by atoms with Crippen molar-refractivity contribution in [2.24, 2.45) is 5.92 Å². The summed E-state index contributed by atoms with van der Waals surface area (Å²) in [4.78, 5) is 28.5. The molecule has 8 nitrogen and oxygen atoms in total. The molecular formula is C37H50ClN5O3S. The number of carbonyl (C=O) groups excluding carboxylic acids is 1. The number of H-pyrrole nitrogens is 1. The first-order valence-electron chi connectivity index (χ1n) is 17.4. The van der Waals surface area contributed by atoms with Gasteiger partial charge < -0.3 is 24.6 Å². The van der Waals surface area contributed by atoms with Gasteiger partial charge in [0.15, 0.2) is 5.78 Å². The number of nitrogens with zero attached hydrogens (tertiary/aromatic N) is 4. The molecule has 0 saturated carbocycles. The van der Waals surface area contributed by atoms with Gasteiger partial charge in [-0.15, -0.1) is 0 Å². The van der Waals surface area contributed by atoms with Gasteiger partial charge in [-0.1, -0.05) is 42.4 Å². The Labute approximate surface area is 289 Å². The van der Waals surface area contributed by atoms with Gasteiger partial charge in [0, 0.05) is 96.6 Å². The number of aromatic amines is 1. The van der Waals surface area contributed by atoms with E-state index in [4.69, 9.17) is 21.4 Å². The monoisotopic (exact) mass is 679 g/mol. The molecule has 3 aromatic rings. The normalized spacial score (nSPS) is 20.3. The number of hydrogen-bond acceptors (Lipinski definition) is 8. The fourth-order valence-corrected chi connectivity index (χ4v) is 8.70. The van der Waals surface area contributed by atoms with Crippen LogP contribution in [-0.4, -0.2) is 116 Å². The summed E-state index contributed by atoms with van der Waals surface area (Å²) in [5.41, 5.74) is 7.09. The number of ketones is 1. The van der Waals surface area contributed by atoms with E-state index in [1.54, 1.807) is 0 Å². The van der Waals surface area contributed by atoms with Gasteiger partial charge in [-0.2, -0.15) is 0 Å². The summed E-state index contributed by atoms with van der Waals surface area (Å²) in [5, 5.41) is 9.87. The summed E-state index contributed by atoms with van der Waals surface area (Å²) in [6.45, 7) is 16.1. The zero-order valence-electron chi connectivity index (χ0n) is 28.0. The zero-order chi connectivity index (χ0) is 32.8. The number of aryl methyl sites for hydroxylation is 2. The molecule has 0 spiro atoms. The Morgan fingerprint density at radius 2 is 1.66 bits per heavy atom. The summed E-state index contributed by atoms with van der Waals surface area (Å²) >= 11 is 8.12. The van der Waals surface area contributed by atoms with Gasteiger partial charge in [0.1, 0.15) is 0 Å². The average Bonchev–Trinajstić information content (AvgIpc) is 3.43. The number of fused-ring (bicyclic) bond motifs is 3. The summed E-state index contributed by atoms with van der Waals surface area (Å²) in [5.74, 6) is 0.528. The van der Waals surface area contributed by atoms with Crippen LogP contribution in [0.25, 0.3) is 0 Å². The van der Waals surface area contributed by atoms with E-state index in [0.717, 1.165) is 115 Å². The van der Waals surface area contributed by atoms with Gasteiger partial charge in [-0.3, -0.25) is 14.6 Å². The van der Waals surface area contributed by atoms with Crippen molar-refractivity contribution in [3.05, 3.63) is 70.0 Å². The van der Waals surface area contributed by atoms with E-state index in [0.29, 0.717) is 5.78 Å². The van der Waals surface area contributed by atoms with Crippen LogP contribution in [0, 0.1) is 12.8 Å². The number of rotatable bonds is 9. The number of benzene rings is 2. The second kappa shape index (κ2) is 16.4. The number of carbonyl (C=O) groups is 1. The number of β-amino-alcohol motifs (C(OH)–C–C–N with tert-alkyl or cyclic N) is 1. The molecule has 1 aromatic heterocycles. The van der Waals surface area contributed by atoms with Crippen molar-refractivity contribution in [3.8, 4) is 0 Å². The minimum atomic E-state index is 0.168. The number of para-hydroxylation sites is 1. The Bertz CT molecular complexity index is 1500. The van der Waals surface area contributed by atoms with Crippen LogP contribution in [0.2, 0.25) is 5.02 Å². The molecule has 0 amide bonds. The van der Waals surface area contributed by atoms with Crippen molar-refractivity contribution in [2.45, 2.75) is 49.3 Å². The Morgan fingerprint density at radius 1 is 0.936 bits per heavy atom. The summed E-state index contributed by atoms with van der Waals surface area (Å²) in [6, 6.07) is 14.8. The Morgan fingerprint density at radius 3 is 2.40 bits per heavy atom. The van der Waals surface area contributed by atoms with E-state index in [1.165, 1.54) is 38.1 Å². The van der Waals surface area contributed by atoms with Crippen molar-refractivity contribution < 1.29 is 14.6 Å². The standard InChI is InChI=1S/C21H26ClN3OS.C16H24N2O2/c22-17-6-7-21-19(16-17)25(18-4-1-2-5-20(18)27-21)9-3-8-23-10-12-24(13-11-23)14-15-26;1-3-13-11(2)17-14-5-4-12(16(19)15(13)14)10-18-6-8-20-9-7-18/h1-2,4-7,16,26H,3,8-15H2;12,17H,3-10H2,1-2H3. The highest BCUT2D eigenvalue weighted by atomic mass is 35.5. The van der Waals surface area contributed by atoms with E-state index in [9.17, 15) is 4.79 Å². The third kappa shape index (κ3) is 8.27. The fourth-order valence-electron chi connectivity index (χ4n) is 7.46. The molecule has 2 fully saturated rings. The van der Waals surface area contributed by atoms with E-state index in [-0.39, 0.29) is 12.5 Å². The largest absolute Gasteiger partial charge is 0.395 e. The van der Waals surface area contributed by atoms with Crippen molar-refractivity contribution >= 4 is 40.5 Å². The van der Waals surface area contributed by atoms with E-state index in [2.05, 4.69) is 74.8 Å². The highest BCUT2D eigenvalue weighted by Crippen LogP contribution is 2.48. The molecule has 2 saturated heterocycles. The van der Waals surface area contributed by atoms with Gasteiger partial charge in [0.25, 0.3) is 0 Å². The molecule has 7 rings (SSSR count). The number of nitrogens with one attached hydrogen (secondary N) is 1. The van der Waals surface area contributed by atoms with E-state index in [1.807, 2.05) is 17.8 Å². The number of halogens is 1. The van der Waals surface area contributed by atoms with Crippen LogP contribution in [0.1, 0.15) is 47.1 Å². The maximum absolute atomic E-state index is 12.8. The summed E-state index contributed by atoms with van der Waals surface area (Å²) < 4.78 is 5.38.